The maximum atomic E-state index is 12.1. The van der Waals surface area contributed by atoms with E-state index < -0.39 is 48.1 Å². The zero-order valence-electron chi connectivity index (χ0n) is 11.7. The van der Waals surface area contributed by atoms with Crippen molar-refractivity contribution in [3.8, 4) is 0 Å². The second-order valence-corrected chi connectivity index (χ2v) is 5.85. The summed E-state index contributed by atoms with van der Waals surface area (Å²) in [6.45, 7) is 5.53. The standard InChI is InChI=1S/C13H18O7/c1-4-13(2,3)12(15)20-8-6-7(18-10(8)14)9-11(19-6)17-5-16-9/h6-9,11H,4-5H2,1-3H3/t6-,7-,8?,9+,11-/m0/s1. The van der Waals surface area contributed by atoms with Gasteiger partial charge >= 0.3 is 11.9 Å². The molecule has 1 unspecified atom stereocenters. The van der Waals surface area contributed by atoms with Gasteiger partial charge in [0, 0.05) is 0 Å². The van der Waals surface area contributed by atoms with Gasteiger partial charge < -0.3 is 23.7 Å². The highest BCUT2D eigenvalue weighted by Crippen LogP contribution is 2.38. The van der Waals surface area contributed by atoms with Gasteiger partial charge in [-0.2, -0.15) is 0 Å². The topological polar surface area (TPSA) is 80.3 Å². The number of hydrogen-bond acceptors (Lipinski definition) is 7. The van der Waals surface area contributed by atoms with E-state index in [0.717, 1.165) is 0 Å². The van der Waals surface area contributed by atoms with Gasteiger partial charge in [0.2, 0.25) is 6.10 Å². The second kappa shape index (κ2) is 4.68. The minimum absolute atomic E-state index is 0.115. The maximum Gasteiger partial charge on any atom is 0.350 e. The van der Waals surface area contributed by atoms with Gasteiger partial charge in [-0.25, -0.2) is 4.79 Å². The van der Waals surface area contributed by atoms with E-state index in [9.17, 15) is 9.59 Å². The lowest BCUT2D eigenvalue weighted by Crippen LogP contribution is -2.39. The quantitative estimate of drug-likeness (QED) is 0.693. The molecule has 0 radical (unpaired) electrons. The molecular weight excluding hydrogens is 268 g/mol. The average Bonchev–Trinajstić information content (AvgIpc) is 3.04. The van der Waals surface area contributed by atoms with Gasteiger partial charge in [0.05, 0.1) is 5.41 Å². The van der Waals surface area contributed by atoms with E-state index in [-0.39, 0.29) is 6.79 Å². The van der Waals surface area contributed by atoms with Gasteiger partial charge in [-0.3, -0.25) is 4.79 Å². The molecule has 0 amide bonds. The molecule has 0 N–H and O–H groups in total. The fraction of sp³-hybridized carbons (Fsp3) is 0.846. The van der Waals surface area contributed by atoms with E-state index in [1.807, 2.05) is 6.92 Å². The molecule has 0 aliphatic carbocycles. The molecule has 7 heteroatoms. The third kappa shape index (κ3) is 2.01. The lowest BCUT2D eigenvalue weighted by atomic mass is 9.90. The van der Waals surface area contributed by atoms with E-state index >= 15 is 0 Å². The molecule has 20 heavy (non-hydrogen) atoms. The van der Waals surface area contributed by atoms with Crippen molar-refractivity contribution in [1.82, 2.24) is 0 Å². The minimum Gasteiger partial charge on any atom is -0.454 e. The van der Waals surface area contributed by atoms with Crippen molar-refractivity contribution in [3.63, 3.8) is 0 Å². The fourth-order valence-corrected chi connectivity index (χ4v) is 2.39. The Labute approximate surface area is 116 Å². The van der Waals surface area contributed by atoms with E-state index in [2.05, 4.69) is 0 Å². The van der Waals surface area contributed by atoms with Crippen LogP contribution in [-0.2, 0) is 33.3 Å². The van der Waals surface area contributed by atoms with E-state index in [1.54, 1.807) is 13.8 Å². The molecule has 0 bridgehead atoms. The van der Waals surface area contributed by atoms with Crippen LogP contribution in [0.4, 0.5) is 0 Å². The molecule has 3 saturated heterocycles. The molecule has 5 atom stereocenters. The first kappa shape index (κ1) is 13.8. The monoisotopic (exact) mass is 286 g/mol. The molecule has 3 rings (SSSR count). The molecule has 3 heterocycles. The summed E-state index contributed by atoms with van der Waals surface area (Å²) in [5, 5.41) is 0. The van der Waals surface area contributed by atoms with Crippen LogP contribution < -0.4 is 0 Å². The molecular formula is C13H18O7. The summed E-state index contributed by atoms with van der Waals surface area (Å²) in [6.07, 6.45) is -2.66. The smallest absolute Gasteiger partial charge is 0.350 e. The van der Waals surface area contributed by atoms with Gasteiger partial charge in [0.1, 0.15) is 6.10 Å². The number of fused-ring (bicyclic) bond motifs is 3. The van der Waals surface area contributed by atoms with Crippen LogP contribution >= 0.6 is 0 Å². The van der Waals surface area contributed by atoms with E-state index in [4.69, 9.17) is 23.7 Å². The minimum atomic E-state index is -1.05. The van der Waals surface area contributed by atoms with Crippen molar-refractivity contribution < 1.29 is 33.3 Å². The molecule has 7 nitrogen and oxygen atoms in total. The zero-order chi connectivity index (χ0) is 14.5. The predicted octanol–water partition coefficient (Wildman–Crippen LogP) is 0.358. The highest BCUT2D eigenvalue weighted by atomic mass is 16.8. The first-order valence-corrected chi connectivity index (χ1v) is 6.74. The summed E-state index contributed by atoms with van der Waals surface area (Å²) >= 11 is 0. The number of carbonyl (C=O) groups is 2. The van der Waals surface area contributed by atoms with Crippen molar-refractivity contribution in [2.75, 3.05) is 6.79 Å². The highest BCUT2D eigenvalue weighted by Gasteiger charge is 2.62. The summed E-state index contributed by atoms with van der Waals surface area (Å²) in [5.74, 6) is -1.03. The van der Waals surface area contributed by atoms with Gasteiger partial charge in [0.15, 0.2) is 25.3 Å². The van der Waals surface area contributed by atoms with Crippen LogP contribution in [0.1, 0.15) is 27.2 Å². The van der Waals surface area contributed by atoms with Gasteiger partial charge in [-0.15, -0.1) is 0 Å². The number of rotatable bonds is 3. The molecule has 0 spiro atoms. The van der Waals surface area contributed by atoms with E-state index in [1.165, 1.54) is 0 Å². The molecule has 112 valence electrons. The summed E-state index contributed by atoms with van der Waals surface area (Å²) in [7, 11) is 0. The fourth-order valence-electron chi connectivity index (χ4n) is 2.39. The molecule has 0 aromatic carbocycles. The van der Waals surface area contributed by atoms with Crippen molar-refractivity contribution in [2.45, 2.75) is 57.9 Å². The Morgan fingerprint density at radius 3 is 2.75 bits per heavy atom. The Balaban J connectivity index is 1.71. The van der Waals surface area contributed by atoms with Crippen molar-refractivity contribution in [3.05, 3.63) is 0 Å². The van der Waals surface area contributed by atoms with Gasteiger partial charge in [-0.05, 0) is 20.3 Å². The van der Waals surface area contributed by atoms with E-state index in [0.29, 0.717) is 6.42 Å². The summed E-state index contributed by atoms with van der Waals surface area (Å²) in [4.78, 5) is 23.9. The Kier molecular flexibility index (Phi) is 3.23. The number of ether oxygens (including phenoxy) is 5. The van der Waals surface area contributed by atoms with Crippen molar-refractivity contribution in [1.29, 1.82) is 0 Å². The average molecular weight is 286 g/mol. The van der Waals surface area contributed by atoms with Crippen LogP contribution in [-0.4, -0.2) is 49.4 Å². The summed E-state index contributed by atoms with van der Waals surface area (Å²) in [6, 6.07) is 0. The number of esters is 2. The SMILES string of the molecule is CCC(C)(C)C(=O)OC1C(=O)O[C@@H]2[C@H]3OCO[C@H]3O[C@H]12. The molecule has 3 fully saturated rings. The van der Waals surface area contributed by atoms with Gasteiger partial charge in [0.25, 0.3) is 0 Å². The van der Waals surface area contributed by atoms with Crippen LogP contribution in [0.2, 0.25) is 0 Å². The van der Waals surface area contributed by atoms with Crippen LogP contribution in [0.5, 0.6) is 0 Å². The Hall–Kier alpha value is -1.18. The molecule has 0 aromatic rings. The normalized spacial score (nSPS) is 39.4. The lowest BCUT2D eigenvalue weighted by Gasteiger charge is -2.23. The largest absolute Gasteiger partial charge is 0.454 e. The highest BCUT2D eigenvalue weighted by molar-refractivity contribution is 5.84. The van der Waals surface area contributed by atoms with Gasteiger partial charge in [-0.1, -0.05) is 6.92 Å². The van der Waals surface area contributed by atoms with Crippen LogP contribution in [0, 0.1) is 5.41 Å². The van der Waals surface area contributed by atoms with Crippen molar-refractivity contribution in [2.24, 2.45) is 5.41 Å². The number of hydrogen-bond donors (Lipinski definition) is 0. The summed E-state index contributed by atoms with van der Waals surface area (Å²) in [5.41, 5.74) is -0.653. The van der Waals surface area contributed by atoms with Crippen LogP contribution in [0.3, 0.4) is 0 Å². The van der Waals surface area contributed by atoms with Crippen LogP contribution in [0.15, 0.2) is 0 Å². The first-order valence-electron chi connectivity index (χ1n) is 6.74. The molecule has 3 aliphatic rings. The zero-order valence-corrected chi connectivity index (χ0v) is 11.7. The van der Waals surface area contributed by atoms with Crippen LogP contribution in [0.25, 0.3) is 0 Å². The Morgan fingerprint density at radius 2 is 2.05 bits per heavy atom. The Bertz CT molecular complexity index is 432. The number of carbonyl (C=O) groups excluding carboxylic acids is 2. The third-order valence-electron chi connectivity index (χ3n) is 4.15. The lowest BCUT2D eigenvalue weighted by molar-refractivity contribution is -0.180. The Morgan fingerprint density at radius 1 is 1.30 bits per heavy atom. The third-order valence-corrected chi connectivity index (χ3v) is 4.15. The maximum absolute atomic E-state index is 12.1. The molecule has 3 aliphatic heterocycles. The predicted molar refractivity (Wildman–Crippen MR) is 63.3 cm³/mol. The second-order valence-electron chi connectivity index (χ2n) is 5.85. The summed E-state index contributed by atoms with van der Waals surface area (Å²) < 4.78 is 26.6. The molecule has 0 saturated carbocycles. The van der Waals surface area contributed by atoms with Crippen molar-refractivity contribution >= 4 is 11.9 Å². The first-order chi connectivity index (χ1) is 9.44. The molecule has 0 aromatic heterocycles.